The molecule has 6 rings (SSSR count). The molecule has 3 heterocycles. The van der Waals surface area contributed by atoms with Crippen molar-refractivity contribution in [1.29, 1.82) is 0 Å². The normalized spacial score (nSPS) is 12.6. The van der Waals surface area contributed by atoms with Crippen LogP contribution in [0.4, 0.5) is 0 Å². The molecule has 295 valence electrons. The van der Waals surface area contributed by atoms with Gasteiger partial charge in [-0.1, -0.05) is 124 Å². The van der Waals surface area contributed by atoms with Crippen LogP contribution in [-0.2, 0) is 36.7 Å². The van der Waals surface area contributed by atoms with Gasteiger partial charge in [0, 0.05) is 52.3 Å². The number of nitrogens with zero attached hydrogens (tertiary/aromatic N) is 1. The molecule has 0 aliphatic carbocycles. The van der Waals surface area contributed by atoms with E-state index >= 15 is 0 Å². The number of aliphatic hydroxyl groups excluding tert-OH is 1. The molecule has 0 atom stereocenters. The molecule has 3 aromatic carbocycles. The number of aliphatic hydroxyl groups is 1. The molecule has 6 aromatic rings. The van der Waals surface area contributed by atoms with Gasteiger partial charge in [-0.25, -0.2) is 0 Å². The number of fused-ring (bicyclic) bond motifs is 3. The maximum Gasteiger partial charge on any atom is 0.164 e. The summed E-state index contributed by atoms with van der Waals surface area (Å²) < 4.78 is 2.62. The molecule has 0 aliphatic heterocycles. The van der Waals surface area contributed by atoms with Crippen molar-refractivity contribution in [1.82, 2.24) is 4.98 Å². The topological polar surface area (TPSA) is 50.2 Å². The second kappa shape index (κ2) is 18.0. The van der Waals surface area contributed by atoms with Crippen molar-refractivity contribution in [3.05, 3.63) is 99.9 Å². The number of benzene rings is 3. The minimum absolute atomic E-state index is 0. The Labute approximate surface area is 352 Å². The van der Waals surface area contributed by atoms with E-state index in [2.05, 4.69) is 114 Å². The Hall–Kier alpha value is -3.15. The Morgan fingerprint density at radius 3 is 2.15 bits per heavy atom. The number of hydrogen-bond acceptors (Lipinski definition) is 5. The molecule has 3 nitrogen and oxygen atoms in total. The average Bonchev–Trinajstić information content (AvgIpc) is 3.76. The van der Waals surface area contributed by atoms with Gasteiger partial charge in [0.1, 0.15) is 5.76 Å². The fourth-order valence-electron chi connectivity index (χ4n) is 6.99. The molecule has 0 saturated heterocycles. The Morgan fingerprint density at radius 1 is 0.873 bits per heavy atom. The Kier molecular flexibility index (Phi) is 14.6. The molecule has 0 unspecified atom stereocenters. The predicted octanol–water partition coefficient (Wildman–Crippen LogP) is 15.3. The van der Waals surface area contributed by atoms with Crippen LogP contribution in [-0.4, -0.2) is 15.9 Å². The molecule has 1 radical (unpaired) electrons. The molecule has 6 heteroatoms. The van der Waals surface area contributed by atoms with Gasteiger partial charge in [-0.05, 0) is 90.0 Å². The smallest absolute Gasteiger partial charge is 0.164 e. The molecular weight excluding hydrogens is 891 g/mol. The summed E-state index contributed by atoms with van der Waals surface area (Å²) in [7, 11) is 0. The molecule has 0 saturated carbocycles. The van der Waals surface area contributed by atoms with Gasteiger partial charge in [0.05, 0.1) is 10.2 Å². The van der Waals surface area contributed by atoms with Gasteiger partial charge in [-0.2, -0.15) is 0 Å². The molecule has 0 spiro atoms. The van der Waals surface area contributed by atoms with Gasteiger partial charge in [0.2, 0.25) is 0 Å². The molecule has 0 fully saturated rings. The van der Waals surface area contributed by atoms with E-state index in [9.17, 15) is 9.90 Å². The molecule has 0 amide bonds. The maximum absolute atomic E-state index is 12.2. The van der Waals surface area contributed by atoms with Crippen LogP contribution >= 0.6 is 22.7 Å². The summed E-state index contributed by atoms with van der Waals surface area (Å²) in [4.78, 5) is 18.8. The number of carbonyl (C=O) groups is 1. The van der Waals surface area contributed by atoms with E-state index in [1.165, 1.54) is 53.4 Å². The number of ketones is 1. The van der Waals surface area contributed by atoms with E-state index < -0.39 is 0 Å². The zero-order valence-corrected chi connectivity index (χ0v) is 39.0. The predicted molar refractivity (Wildman–Crippen MR) is 237 cm³/mol. The van der Waals surface area contributed by atoms with E-state index in [-0.39, 0.29) is 47.9 Å². The number of pyridine rings is 1. The molecule has 0 aliphatic rings. The van der Waals surface area contributed by atoms with Gasteiger partial charge < -0.3 is 5.11 Å². The second-order valence-electron chi connectivity index (χ2n) is 17.0. The van der Waals surface area contributed by atoms with Crippen LogP contribution in [0.25, 0.3) is 53.5 Å². The number of aryl methyl sites for hydroxylation is 1. The van der Waals surface area contributed by atoms with Crippen molar-refractivity contribution in [3.63, 3.8) is 0 Å². The first-order valence-corrected chi connectivity index (χ1v) is 21.5. The van der Waals surface area contributed by atoms with Gasteiger partial charge in [0.15, 0.2) is 5.78 Å². The van der Waals surface area contributed by atoms with Gasteiger partial charge >= 0.3 is 0 Å². The minimum atomic E-state index is -0.337. The fourth-order valence-corrected chi connectivity index (χ4v) is 9.32. The summed E-state index contributed by atoms with van der Waals surface area (Å²) in [5.41, 5.74) is 7.81. The third-order valence-corrected chi connectivity index (χ3v) is 14.0. The number of thiophene rings is 2. The van der Waals surface area contributed by atoms with E-state index in [1.807, 2.05) is 52.9 Å². The van der Waals surface area contributed by atoms with Gasteiger partial charge in [-0.3, -0.25) is 9.78 Å². The fraction of sp³-hybridized carbons (Fsp3) is 0.429. The molecule has 3 aromatic heterocycles. The summed E-state index contributed by atoms with van der Waals surface area (Å²) in [6.07, 6.45) is 5.90. The van der Waals surface area contributed by atoms with Crippen LogP contribution in [0.2, 0.25) is 0 Å². The largest absolute Gasteiger partial charge is 0.512 e. The third kappa shape index (κ3) is 9.53. The number of rotatable bonds is 11. The van der Waals surface area contributed by atoms with Crippen molar-refractivity contribution < 1.29 is 30.0 Å². The molecular formula is C49H60IrNO2S2-. The van der Waals surface area contributed by atoms with Crippen LogP contribution in [0.3, 0.4) is 0 Å². The number of allylic oxidation sites excluding steroid dienone is 2. The van der Waals surface area contributed by atoms with Crippen molar-refractivity contribution in [3.8, 4) is 22.4 Å². The summed E-state index contributed by atoms with van der Waals surface area (Å²) in [5, 5.41) is 16.1. The minimum Gasteiger partial charge on any atom is -0.512 e. The summed E-state index contributed by atoms with van der Waals surface area (Å²) in [5.74, 6) is 0.949. The molecule has 55 heavy (non-hydrogen) atoms. The number of aromatic nitrogens is 1. The van der Waals surface area contributed by atoms with E-state index in [4.69, 9.17) is 4.98 Å². The summed E-state index contributed by atoms with van der Waals surface area (Å²) >= 11 is 3.73. The quantitative estimate of drug-likeness (QED) is 0.0800. The standard InChI is InChI=1S/C34H32NS2.C15H28O2.Ir/c1-20(2)15-31-21(3)25-12-11-23(18-32(25)37-31)27-19-30(35-29-13-14-36-33(27)29)24-16-22-9-7-8-10-26(22)28(17-24)34(4,5)6;1-7-14(5,8-2)12(16)11-13(17)15(6,9-3)10-4;/h7-14,17-20H,15H2,1-6H3;11,16H,7-10H2,1-6H3;/q-1;;/b;12-11-;. The van der Waals surface area contributed by atoms with Gasteiger partial charge in [0.25, 0.3) is 0 Å². The van der Waals surface area contributed by atoms with Crippen LogP contribution in [0.5, 0.6) is 0 Å². The van der Waals surface area contributed by atoms with Crippen LogP contribution in [0.15, 0.2) is 77.9 Å². The van der Waals surface area contributed by atoms with E-state index in [0.29, 0.717) is 5.92 Å². The zero-order valence-electron chi connectivity index (χ0n) is 35.0. The Morgan fingerprint density at radius 2 is 1.53 bits per heavy atom. The first-order valence-electron chi connectivity index (χ1n) is 19.8. The third-order valence-electron chi connectivity index (χ3n) is 11.8. The second-order valence-corrected chi connectivity index (χ2v) is 19.0. The van der Waals surface area contributed by atoms with Crippen molar-refractivity contribution >= 4 is 59.5 Å². The summed E-state index contributed by atoms with van der Waals surface area (Å²) in [6.45, 7) is 25.8. The van der Waals surface area contributed by atoms with Crippen molar-refractivity contribution in [2.75, 3.05) is 0 Å². The van der Waals surface area contributed by atoms with E-state index in [1.54, 1.807) is 11.3 Å². The van der Waals surface area contributed by atoms with Crippen LogP contribution in [0, 0.1) is 29.7 Å². The first kappa shape index (κ1) is 44.6. The summed E-state index contributed by atoms with van der Waals surface area (Å²) in [6, 6.07) is 26.0. The number of hydrogen-bond donors (Lipinski definition) is 1. The van der Waals surface area contributed by atoms with Gasteiger partial charge in [-0.15, -0.1) is 51.8 Å². The monoisotopic (exact) mass is 951 g/mol. The SMILES string of the molecule is CCC(C)(CC)C(=O)/C=C(\O)C(C)(CC)CC.Cc1c(CC(C)C)sc2cc(-c3cc(-c4[c-]c5ccccc5c(C(C)(C)C)c4)nc4ccsc34)ccc12.[Ir]. The van der Waals surface area contributed by atoms with Crippen molar-refractivity contribution in [2.45, 2.75) is 121 Å². The maximum atomic E-state index is 12.2. The zero-order chi connectivity index (χ0) is 39.6. The Balaban J connectivity index is 0.000000320. The number of carbonyl (C=O) groups excluding carboxylic acids is 1. The molecule has 0 bridgehead atoms. The van der Waals surface area contributed by atoms with Crippen molar-refractivity contribution in [2.24, 2.45) is 16.7 Å². The van der Waals surface area contributed by atoms with Crippen LogP contribution < -0.4 is 0 Å². The molecule has 1 N–H and O–H groups in total. The van der Waals surface area contributed by atoms with E-state index in [0.717, 1.165) is 54.3 Å². The van der Waals surface area contributed by atoms with Crippen LogP contribution in [0.1, 0.15) is 118 Å². The average molecular weight is 951 g/mol. The Bertz CT molecular complexity index is 2290. The first-order chi connectivity index (χ1) is 25.5.